The van der Waals surface area contributed by atoms with Gasteiger partial charge >= 0.3 is 15.6 Å². The lowest BCUT2D eigenvalue weighted by atomic mass is 10.1. The lowest BCUT2D eigenvalue weighted by Gasteiger charge is -2.25. The SMILES string of the molecule is Nc1ncnc2c1ncn2[C@@H]1O[C@@H]2COP(=O)(O)O[C@H]3[C@@H](F)[C@H](n4cnc5c4N=CCC5=O)O[C@@H]3COP(=O)(O)O[C@@H]1[C@@H]2O. The number of aliphatic imine (C=N–C) groups is 1. The first-order valence-electron chi connectivity index (χ1n) is 12.9. The Morgan fingerprint density at radius 1 is 0.932 bits per heavy atom. The third-order valence-corrected chi connectivity index (χ3v) is 9.32. The molecule has 4 aliphatic rings. The number of phosphoric acid groups is 2. The molecule has 3 aromatic rings. The van der Waals surface area contributed by atoms with Gasteiger partial charge in [-0.3, -0.25) is 32.0 Å². The summed E-state index contributed by atoms with van der Waals surface area (Å²) in [4.78, 5) is 53.4. The highest BCUT2D eigenvalue weighted by atomic mass is 31.2. The van der Waals surface area contributed by atoms with Crippen molar-refractivity contribution in [3.63, 3.8) is 0 Å². The van der Waals surface area contributed by atoms with Crippen molar-refractivity contribution < 1.29 is 60.8 Å². The van der Waals surface area contributed by atoms with Crippen molar-refractivity contribution in [2.75, 3.05) is 18.9 Å². The van der Waals surface area contributed by atoms with Gasteiger partial charge in [0, 0.05) is 12.6 Å². The van der Waals surface area contributed by atoms with Gasteiger partial charge in [0.15, 0.2) is 47.4 Å². The van der Waals surface area contributed by atoms with Gasteiger partial charge in [0.1, 0.15) is 42.4 Å². The van der Waals surface area contributed by atoms with Gasteiger partial charge in [-0.25, -0.2) is 38.4 Å². The van der Waals surface area contributed by atoms with Gasteiger partial charge in [-0.05, 0) is 0 Å². The number of nitrogens with two attached hydrogens (primary N) is 1. The number of aromatic nitrogens is 6. The maximum Gasteiger partial charge on any atom is 0.472 e. The van der Waals surface area contributed by atoms with Crippen LogP contribution in [0.3, 0.4) is 0 Å². The van der Waals surface area contributed by atoms with E-state index in [1.165, 1.54) is 17.1 Å². The Morgan fingerprint density at radius 2 is 1.61 bits per heavy atom. The van der Waals surface area contributed by atoms with Crippen LogP contribution in [0.5, 0.6) is 0 Å². The number of rotatable bonds is 2. The van der Waals surface area contributed by atoms with Crippen LogP contribution in [0, 0.1) is 0 Å². The minimum absolute atomic E-state index is 0.00624. The molecule has 2 bridgehead atoms. The Hall–Kier alpha value is -3.07. The highest BCUT2D eigenvalue weighted by Crippen LogP contribution is 2.54. The Labute approximate surface area is 244 Å². The second kappa shape index (κ2) is 10.8. The van der Waals surface area contributed by atoms with Crippen LogP contribution in [0.25, 0.3) is 11.2 Å². The van der Waals surface area contributed by atoms with E-state index in [4.69, 9.17) is 33.3 Å². The molecular weight excluding hydrogens is 637 g/mol. The van der Waals surface area contributed by atoms with E-state index in [1.807, 2.05) is 0 Å². The molecule has 20 nitrogen and oxygen atoms in total. The van der Waals surface area contributed by atoms with Crippen LogP contribution in [-0.2, 0) is 36.7 Å². The summed E-state index contributed by atoms with van der Waals surface area (Å²) in [5.74, 6) is -0.365. The molecule has 0 spiro atoms. The topological polar surface area (TPSA) is 267 Å². The van der Waals surface area contributed by atoms with E-state index in [9.17, 15) is 28.8 Å². The second-order valence-electron chi connectivity index (χ2n) is 10.1. The number of hydrogen-bond donors (Lipinski definition) is 4. The quantitative estimate of drug-likeness (QED) is 0.266. The fourth-order valence-electron chi connectivity index (χ4n) is 5.31. The Kier molecular flexibility index (Phi) is 7.26. The van der Waals surface area contributed by atoms with Crippen molar-refractivity contribution in [1.82, 2.24) is 29.1 Å². The van der Waals surface area contributed by atoms with Gasteiger partial charge in [0.05, 0.1) is 25.9 Å². The second-order valence-corrected chi connectivity index (χ2v) is 12.9. The number of fused-ring (bicyclic) bond motifs is 5. The predicted molar refractivity (Wildman–Crippen MR) is 139 cm³/mol. The zero-order chi connectivity index (χ0) is 31.0. The van der Waals surface area contributed by atoms with Crippen LogP contribution in [0.15, 0.2) is 24.0 Å². The number of aliphatic hydroxyl groups excluding tert-OH is 1. The first kappa shape index (κ1) is 29.6. The molecule has 3 aromatic heterocycles. The maximum absolute atomic E-state index is 15.8. The number of hydrogen-bond acceptors (Lipinski definition) is 16. The maximum atomic E-state index is 15.8. The lowest BCUT2D eigenvalue weighted by molar-refractivity contribution is -0.0672. The summed E-state index contributed by atoms with van der Waals surface area (Å²) in [6.07, 6.45) is -8.76. The first-order chi connectivity index (χ1) is 20.9. The molecule has 236 valence electrons. The van der Waals surface area contributed by atoms with Crippen molar-refractivity contribution in [2.24, 2.45) is 4.99 Å². The molecule has 0 radical (unpaired) electrons. The van der Waals surface area contributed by atoms with E-state index in [0.717, 1.165) is 17.2 Å². The molecule has 4 aliphatic heterocycles. The van der Waals surface area contributed by atoms with Gasteiger partial charge in [-0.2, -0.15) is 0 Å². The van der Waals surface area contributed by atoms with Gasteiger partial charge in [0.2, 0.25) is 0 Å². The van der Waals surface area contributed by atoms with E-state index in [-0.39, 0.29) is 40.7 Å². The number of phosphoric ester groups is 2. The van der Waals surface area contributed by atoms with E-state index in [1.54, 1.807) is 0 Å². The first-order valence-corrected chi connectivity index (χ1v) is 15.9. The predicted octanol–water partition coefficient (Wildman–Crippen LogP) is 0.106. The van der Waals surface area contributed by atoms with Crippen LogP contribution in [-0.4, -0.2) is 106 Å². The van der Waals surface area contributed by atoms with E-state index in [0.29, 0.717) is 0 Å². The van der Waals surface area contributed by atoms with Crippen molar-refractivity contribution in [1.29, 1.82) is 0 Å². The summed E-state index contributed by atoms with van der Waals surface area (Å²) < 4.78 is 76.4. The molecular formula is C21H23FN8O12P2. The minimum atomic E-state index is -5.12. The molecule has 7 rings (SSSR count). The zero-order valence-corrected chi connectivity index (χ0v) is 23.8. The fraction of sp³-hybridized carbons (Fsp3) is 0.524. The number of alkyl halides is 1. The Balaban J connectivity index is 1.19. The molecule has 3 fully saturated rings. The summed E-state index contributed by atoms with van der Waals surface area (Å²) in [6.45, 7) is -1.71. The minimum Gasteiger partial charge on any atom is -0.387 e. The standard InChI is InChI=1S/C21H23FN8O12P2/c22-11-15-10(40-20(11)29-6-27-12-8(31)1-2-24-18(12)29)4-38-44(35,36)42-16-14(32)9(3-37-43(33,34)41-15)39-21(16)30-7-28-13-17(23)25-5-26-19(13)30/h2,5-7,9-11,14-16,20-21,32H,1,3-4H2,(H,33,34)(H,35,36)(H2,23,25,26)/t9-,10-,11-,14-,15-,16-,20-,21-/m1/s1. The molecule has 0 amide bonds. The number of carbonyl (C=O) groups is 1. The number of ether oxygens (including phenoxy) is 2. The number of carbonyl (C=O) groups excluding carboxylic acids is 1. The third kappa shape index (κ3) is 5.09. The summed E-state index contributed by atoms with van der Waals surface area (Å²) in [5.41, 5.74) is 6.08. The van der Waals surface area contributed by atoms with Crippen LogP contribution < -0.4 is 5.73 Å². The number of ketones is 1. The van der Waals surface area contributed by atoms with Crippen molar-refractivity contribution >= 4 is 50.4 Å². The van der Waals surface area contributed by atoms with Crippen LogP contribution in [0.4, 0.5) is 16.0 Å². The average Bonchev–Trinajstić information content (AvgIpc) is 3.73. The number of nitrogens with zero attached hydrogens (tertiary/aromatic N) is 7. The van der Waals surface area contributed by atoms with Gasteiger partial charge in [-0.1, -0.05) is 0 Å². The fourth-order valence-corrected chi connectivity index (χ4v) is 7.20. The zero-order valence-electron chi connectivity index (χ0n) is 22.0. The molecule has 3 saturated heterocycles. The van der Waals surface area contributed by atoms with Crippen LogP contribution in [0.2, 0.25) is 0 Å². The largest absolute Gasteiger partial charge is 0.472 e. The molecule has 5 N–H and O–H groups in total. The number of nitrogen functional groups attached to an aromatic ring is 1. The molecule has 7 heterocycles. The summed E-state index contributed by atoms with van der Waals surface area (Å²) in [5, 5.41) is 11.0. The number of anilines is 1. The van der Waals surface area contributed by atoms with E-state index < -0.39 is 78.0 Å². The van der Waals surface area contributed by atoms with E-state index in [2.05, 4.69) is 24.9 Å². The van der Waals surface area contributed by atoms with Crippen molar-refractivity contribution in [3.8, 4) is 0 Å². The van der Waals surface area contributed by atoms with Crippen LogP contribution >= 0.6 is 15.6 Å². The average molecular weight is 660 g/mol. The summed E-state index contributed by atoms with van der Waals surface area (Å²) in [6, 6.07) is 0. The molecule has 0 aromatic carbocycles. The summed E-state index contributed by atoms with van der Waals surface area (Å²) in [7, 11) is -10.2. The monoisotopic (exact) mass is 660 g/mol. The number of imidazole rings is 2. The Bertz CT molecular complexity index is 1750. The highest BCUT2D eigenvalue weighted by molar-refractivity contribution is 7.47. The number of halogens is 1. The summed E-state index contributed by atoms with van der Waals surface area (Å²) >= 11 is 0. The van der Waals surface area contributed by atoms with Crippen molar-refractivity contribution in [3.05, 3.63) is 24.7 Å². The number of Topliss-reactive ketones (excluding diaryl/α,β-unsaturated/α-hetero) is 1. The van der Waals surface area contributed by atoms with Gasteiger partial charge < -0.3 is 30.1 Å². The van der Waals surface area contributed by atoms with Crippen LogP contribution in [0.1, 0.15) is 29.4 Å². The number of aliphatic hydroxyl groups is 1. The molecule has 23 heteroatoms. The Morgan fingerprint density at radius 3 is 2.39 bits per heavy atom. The van der Waals surface area contributed by atoms with E-state index >= 15 is 4.39 Å². The molecule has 44 heavy (non-hydrogen) atoms. The highest BCUT2D eigenvalue weighted by Gasteiger charge is 2.54. The smallest absolute Gasteiger partial charge is 0.387 e. The molecule has 2 unspecified atom stereocenters. The van der Waals surface area contributed by atoms with Gasteiger partial charge in [-0.15, -0.1) is 0 Å². The van der Waals surface area contributed by atoms with Gasteiger partial charge in [0.25, 0.3) is 0 Å². The third-order valence-electron chi connectivity index (χ3n) is 7.35. The molecule has 0 saturated carbocycles. The molecule has 10 atom stereocenters. The van der Waals surface area contributed by atoms with Crippen molar-refractivity contribution in [2.45, 2.75) is 55.6 Å². The normalized spacial score (nSPS) is 39.4. The lowest BCUT2D eigenvalue weighted by Crippen LogP contribution is -2.35. The molecule has 0 aliphatic carbocycles.